The van der Waals surface area contributed by atoms with E-state index in [1.165, 1.54) is 12.1 Å². The molecule has 0 aromatic heterocycles. The summed E-state index contributed by atoms with van der Waals surface area (Å²) >= 11 is 3.05. The maximum atomic E-state index is 13.3. The Morgan fingerprint density at radius 3 is 2.55 bits per heavy atom. The lowest BCUT2D eigenvalue weighted by Crippen LogP contribution is -2.33. The van der Waals surface area contributed by atoms with E-state index in [1.807, 2.05) is 0 Å². The number of hydrogen-bond donors (Lipinski definition) is 1. The standard InChI is InChI=1S/C16H21BrFNO3/c1-16(2,3)22-15(21)19-9-5-4-6-14(20)11-7-8-12(17)13(18)10-11/h7-8,10H,4-6,9H2,1-3H3,(H,19,21). The van der Waals surface area contributed by atoms with Crippen LogP contribution in [0.2, 0.25) is 0 Å². The highest BCUT2D eigenvalue weighted by Gasteiger charge is 2.15. The molecule has 0 radical (unpaired) electrons. The van der Waals surface area contributed by atoms with Gasteiger partial charge >= 0.3 is 6.09 Å². The first-order chi connectivity index (χ1) is 10.2. The van der Waals surface area contributed by atoms with Gasteiger partial charge in [0, 0.05) is 18.5 Å². The number of hydrogen-bond acceptors (Lipinski definition) is 3. The second kappa shape index (κ2) is 8.27. The SMILES string of the molecule is CC(C)(C)OC(=O)NCCCCC(=O)c1ccc(Br)c(F)c1. The topological polar surface area (TPSA) is 55.4 Å². The lowest BCUT2D eigenvalue weighted by molar-refractivity contribution is 0.0527. The van der Waals surface area contributed by atoms with Gasteiger partial charge in [0.15, 0.2) is 5.78 Å². The molecule has 1 amide bonds. The molecule has 6 heteroatoms. The zero-order chi connectivity index (χ0) is 16.8. The summed E-state index contributed by atoms with van der Waals surface area (Å²) in [7, 11) is 0. The van der Waals surface area contributed by atoms with Crippen molar-refractivity contribution in [2.45, 2.75) is 45.6 Å². The molecule has 0 unspecified atom stereocenters. The minimum absolute atomic E-state index is 0.108. The van der Waals surface area contributed by atoms with Crippen molar-refractivity contribution in [1.82, 2.24) is 5.32 Å². The van der Waals surface area contributed by atoms with Gasteiger partial charge in [-0.3, -0.25) is 4.79 Å². The molecule has 0 saturated heterocycles. The number of alkyl carbamates (subject to hydrolysis) is 1. The van der Waals surface area contributed by atoms with E-state index in [0.29, 0.717) is 35.8 Å². The van der Waals surface area contributed by atoms with Gasteiger partial charge in [-0.2, -0.15) is 0 Å². The fraction of sp³-hybridized carbons (Fsp3) is 0.500. The highest BCUT2D eigenvalue weighted by atomic mass is 79.9. The Kier molecular flexibility index (Phi) is 7.00. The molecule has 1 aromatic rings. The number of halogens is 2. The molecule has 0 aliphatic rings. The number of amides is 1. The average Bonchev–Trinajstić information content (AvgIpc) is 2.39. The summed E-state index contributed by atoms with van der Waals surface area (Å²) in [6.45, 7) is 5.82. The summed E-state index contributed by atoms with van der Waals surface area (Å²) in [5.74, 6) is -0.555. The summed E-state index contributed by atoms with van der Waals surface area (Å²) < 4.78 is 18.8. The van der Waals surface area contributed by atoms with Crippen LogP contribution in [0.15, 0.2) is 22.7 Å². The number of carbonyl (C=O) groups is 2. The molecule has 1 N–H and O–H groups in total. The van der Waals surface area contributed by atoms with Crippen molar-refractivity contribution < 1.29 is 18.7 Å². The van der Waals surface area contributed by atoms with Crippen LogP contribution in [0.4, 0.5) is 9.18 Å². The lowest BCUT2D eigenvalue weighted by Gasteiger charge is -2.19. The second-order valence-corrected chi connectivity index (χ2v) is 6.79. The van der Waals surface area contributed by atoms with E-state index in [2.05, 4.69) is 21.2 Å². The van der Waals surface area contributed by atoms with Gasteiger partial charge in [-0.25, -0.2) is 9.18 Å². The van der Waals surface area contributed by atoms with Crippen molar-refractivity contribution >= 4 is 27.8 Å². The molecule has 0 bridgehead atoms. The van der Waals surface area contributed by atoms with Gasteiger partial charge in [0.25, 0.3) is 0 Å². The number of nitrogens with one attached hydrogen (secondary N) is 1. The molecule has 1 aromatic carbocycles. The van der Waals surface area contributed by atoms with Crippen molar-refractivity contribution in [3.8, 4) is 0 Å². The Balaban J connectivity index is 2.25. The fourth-order valence-electron chi connectivity index (χ4n) is 1.73. The molecular formula is C16H21BrFNO3. The molecule has 1 rings (SSSR count). The van der Waals surface area contributed by atoms with Gasteiger partial charge in [-0.15, -0.1) is 0 Å². The summed E-state index contributed by atoms with van der Waals surface area (Å²) in [5, 5.41) is 2.63. The molecule has 0 heterocycles. The molecule has 0 spiro atoms. The summed E-state index contributed by atoms with van der Waals surface area (Å²) in [5.41, 5.74) is -0.160. The largest absolute Gasteiger partial charge is 0.444 e. The second-order valence-electron chi connectivity index (χ2n) is 5.94. The van der Waals surface area contributed by atoms with E-state index in [9.17, 15) is 14.0 Å². The molecule has 0 aliphatic carbocycles. The number of ether oxygens (including phenoxy) is 1. The predicted molar refractivity (Wildman–Crippen MR) is 86.5 cm³/mol. The van der Waals surface area contributed by atoms with E-state index in [4.69, 9.17) is 4.74 Å². The van der Waals surface area contributed by atoms with Crippen LogP contribution < -0.4 is 5.32 Å². The Hall–Kier alpha value is -1.43. The molecule has 0 saturated carbocycles. The first kappa shape index (κ1) is 18.6. The van der Waals surface area contributed by atoms with Gasteiger partial charge < -0.3 is 10.1 Å². The minimum Gasteiger partial charge on any atom is -0.444 e. The fourth-order valence-corrected chi connectivity index (χ4v) is 1.98. The predicted octanol–water partition coefficient (Wildman–Crippen LogP) is 4.47. The van der Waals surface area contributed by atoms with Crippen LogP contribution in [0.3, 0.4) is 0 Å². The third kappa shape index (κ3) is 7.02. The highest BCUT2D eigenvalue weighted by molar-refractivity contribution is 9.10. The lowest BCUT2D eigenvalue weighted by atomic mass is 10.1. The van der Waals surface area contributed by atoms with Crippen LogP contribution in [-0.2, 0) is 4.74 Å². The monoisotopic (exact) mass is 373 g/mol. The van der Waals surface area contributed by atoms with E-state index in [0.717, 1.165) is 0 Å². The Morgan fingerprint density at radius 2 is 1.95 bits per heavy atom. The number of benzene rings is 1. The van der Waals surface area contributed by atoms with Crippen LogP contribution in [0.25, 0.3) is 0 Å². The van der Waals surface area contributed by atoms with Crippen LogP contribution in [0.1, 0.15) is 50.4 Å². The summed E-state index contributed by atoms with van der Waals surface area (Å²) in [4.78, 5) is 23.3. The molecule has 0 aliphatic heterocycles. The normalized spacial score (nSPS) is 11.1. The first-order valence-corrected chi connectivity index (χ1v) is 7.93. The number of ketones is 1. The van der Waals surface area contributed by atoms with Crippen molar-refractivity contribution in [2.75, 3.05) is 6.54 Å². The number of unbranched alkanes of at least 4 members (excludes halogenated alkanes) is 1. The van der Waals surface area contributed by atoms with Crippen molar-refractivity contribution in [1.29, 1.82) is 0 Å². The molecule has 0 atom stereocenters. The van der Waals surface area contributed by atoms with Gasteiger partial charge in [-0.1, -0.05) is 6.07 Å². The Bertz CT molecular complexity index is 541. The Morgan fingerprint density at radius 1 is 1.27 bits per heavy atom. The number of carbonyl (C=O) groups excluding carboxylic acids is 2. The van der Waals surface area contributed by atoms with E-state index in [1.54, 1.807) is 26.8 Å². The Labute approximate surface area is 138 Å². The average molecular weight is 374 g/mol. The van der Waals surface area contributed by atoms with Gasteiger partial charge in [0.1, 0.15) is 11.4 Å². The smallest absolute Gasteiger partial charge is 0.407 e. The third-order valence-electron chi connectivity index (χ3n) is 2.74. The molecular weight excluding hydrogens is 353 g/mol. The zero-order valence-corrected chi connectivity index (χ0v) is 14.6. The van der Waals surface area contributed by atoms with Gasteiger partial charge in [-0.05, 0) is 61.7 Å². The molecule has 22 heavy (non-hydrogen) atoms. The van der Waals surface area contributed by atoms with Crippen molar-refractivity contribution in [3.63, 3.8) is 0 Å². The summed E-state index contributed by atoms with van der Waals surface area (Å²) in [6.07, 6.45) is 1.13. The highest BCUT2D eigenvalue weighted by Crippen LogP contribution is 2.17. The van der Waals surface area contributed by atoms with E-state index in [-0.39, 0.29) is 5.78 Å². The van der Waals surface area contributed by atoms with Crippen LogP contribution in [-0.4, -0.2) is 24.0 Å². The molecule has 122 valence electrons. The van der Waals surface area contributed by atoms with Crippen molar-refractivity contribution in [2.24, 2.45) is 0 Å². The van der Waals surface area contributed by atoms with Crippen LogP contribution in [0, 0.1) is 5.82 Å². The molecule has 0 fully saturated rings. The number of rotatable bonds is 6. The maximum absolute atomic E-state index is 13.3. The summed E-state index contributed by atoms with van der Waals surface area (Å²) in [6, 6.07) is 4.34. The van der Waals surface area contributed by atoms with Gasteiger partial charge in [0.05, 0.1) is 4.47 Å². The maximum Gasteiger partial charge on any atom is 0.407 e. The van der Waals surface area contributed by atoms with Crippen LogP contribution in [0.5, 0.6) is 0 Å². The quantitative estimate of drug-likeness (QED) is 0.591. The van der Waals surface area contributed by atoms with Crippen molar-refractivity contribution in [3.05, 3.63) is 34.1 Å². The van der Waals surface area contributed by atoms with Gasteiger partial charge in [0.2, 0.25) is 0 Å². The third-order valence-corrected chi connectivity index (χ3v) is 3.38. The molecule has 4 nitrogen and oxygen atoms in total. The van der Waals surface area contributed by atoms with Crippen LogP contribution >= 0.6 is 15.9 Å². The van der Waals surface area contributed by atoms with E-state index >= 15 is 0 Å². The minimum atomic E-state index is -0.522. The first-order valence-electron chi connectivity index (χ1n) is 7.14. The number of Topliss-reactive ketones (excluding diaryl/α,β-unsaturated/α-hetero) is 1. The van der Waals surface area contributed by atoms with E-state index < -0.39 is 17.5 Å². The zero-order valence-electron chi connectivity index (χ0n) is 13.0.